The van der Waals surface area contributed by atoms with Crippen LogP contribution in [0.25, 0.3) is 33.4 Å². The summed E-state index contributed by atoms with van der Waals surface area (Å²) in [5.41, 5.74) is 2.15. The molecule has 0 fully saturated rings. The Morgan fingerprint density at radius 3 is 2.13 bits per heavy atom. The summed E-state index contributed by atoms with van der Waals surface area (Å²) in [5, 5.41) is 4.42. The van der Waals surface area contributed by atoms with Crippen molar-refractivity contribution in [3.05, 3.63) is 95.6 Å². The van der Waals surface area contributed by atoms with Gasteiger partial charge < -0.3 is 14.2 Å². The molecular formula is C27H20O4. The number of cyclic esters (lactones) is 1. The molecule has 31 heavy (non-hydrogen) atoms. The first-order chi connectivity index (χ1) is 15.2. The molecule has 1 heterocycles. The molecule has 1 aliphatic heterocycles. The van der Waals surface area contributed by atoms with Crippen LogP contribution >= 0.6 is 0 Å². The Kier molecular flexibility index (Phi) is 4.68. The van der Waals surface area contributed by atoms with E-state index in [2.05, 4.69) is 30.3 Å². The molecule has 0 spiro atoms. The van der Waals surface area contributed by atoms with Gasteiger partial charge in [-0.05, 0) is 63.5 Å². The summed E-state index contributed by atoms with van der Waals surface area (Å²) in [7, 11) is 3.18. The van der Waals surface area contributed by atoms with Crippen molar-refractivity contribution < 1.29 is 19.0 Å². The van der Waals surface area contributed by atoms with E-state index in [9.17, 15) is 4.79 Å². The number of ether oxygens (including phenoxy) is 3. The van der Waals surface area contributed by atoms with Crippen LogP contribution in [0.2, 0.25) is 0 Å². The van der Waals surface area contributed by atoms with Crippen molar-refractivity contribution in [3.63, 3.8) is 0 Å². The highest BCUT2D eigenvalue weighted by Gasteiger charge is 2.25. The Balaban J connectivity index is 1.69. The molecule has 0 amide bonds. The van der Waals surface area contributed by atoms with Crippen molar-refractivity contribution in [1.29, 1.82) is 0 Å². The van der Waals surface area contributed by atoms with E-state index in [0.717, 1.165) is 27.1 Å². The Hall–Kier alpha value is -4.05. The molecule has 4 nitrogen and oxygen atoms in total. The minimum Gasteiger partial charge on any atom is -0.497 e. The van der Waals surface area contributed by atoms with Crippen molar-refractivity contribution in [2.45, 2.75) is 0 Å². The number of carbonyl (C=O) groups excluding carboxylic acids is 1. The van der Waals surface area contributed by atoms with E-state index in [-0.39, 0.29) is 0 Å². The Bertz CT molecular complexity index is 1340. The lowest BCUT2D eigenvalue weighted by molar-refractivity contribution is -0.130. The second kappa shape index (κ2) is 7.65. The first-order valence-electron chi connectivity index (χ1n) is 9.96. The average Bonchev–Trinajstić information content (AvgIpc) is 3.18. The van der Waals surface area contributed by atoms with Gasteiger partial charge in [0.05, 0.1) is 25.4 Å². The number of fused-ring (bicyclic) bond motifs is 2. The zero-order valence-corrected chi connectivity index (χ0v) is 17.2. The van der Waals surface area contributed by atoms with Gasteiger partial charge in [-0.3, -0.25) is 0 Å². The number of rotatable bonds is 4. The third-order valence-electron chi connectivity index (χ3n) is 5.51. The lowest BCUT2D eigenvalue weighted by Gasteiger charge is -2.10. The van der Waals surface area contributed by atoms with E-state index in [4.69, 9.17) is 14.2 Å². The van der Waals surface area contributed by atoms with Gasteiger partial charge in [0.1, 0.15) is 17.3 Å². The quantitative estimate of drug-likeness (QED) is 0.236. The van der Waals surface area contributed by atoms with Crippen LogP contribution in [0.4, 0.5) is 0 Å². The fraction of sp³-hybridized carbons (Fsp3) is 0.0741. The first kappa shape index (κ1) is 18.9. The number of benzene rings is 4. The van der Waals surface area contributed by atoms with Crippen LogP contribution in [0.1, 0.15) is 11.1 Å². The number of esters is 1. The standard InChI is InChI=1S/C27H20O4/c1-29-20-11-12-25(30-2)24(16-20)26-15-19(27(28)31-26)14-23-21-9-5-3-7-17(21)13-18-8-4-6-10-22(18)23/h3-16H,1-2H3/b19-14+. The Morgan fingerprint density at radius 1 is 0.806 bits per heavy atom. The van der Waals surface area contributed by atoms with Gasteiger partial charge in [0.2, 0.25) is 0 Å². The number of methoxy groups -OCH3 is 2. The van der Waals surface area contributed by atoms with Gasteiger partial charge >= 0.3 is 5.97 Å². The molecule has 4 heteroatoms. The number of hydrogen-bond acceptors (Lipinski definition) is 4. The Morgan fingerprint density at radius 2 is 1.48 bits per heavy atom. The van der Waals surface area contributed by atoms with E-state index < -0.39 is 5.97 Å². The zero-order valence-electron chi connectivity index (χ0n) is 17.2. The third-order valence-corrected chi connectivity index (χ3v) is 5.51. The maximum absolute atomic E-state index is 12.8. The SMILES string of the molecule is COc1ccc(OC)c(C2=C/C(=C\c3c4ccccc4cc4ccccc34)C(=O)O2)c1. The largest absolute Gasteiger partial charge is 0.497 e. The maximum atomic E-state index is 12.8. The fourth-order valence-electron chi connectivity index (χ4n) is 3.99. The van der Waals surface area contributed by atoms with Crippen LogP contribution in [0.15, 0.2) is 84.4 Å². The van der Waals surface area contributed by atoms with Crippen LogP contribution in [0, 0.1) is 0 Å². The van der Waals surface area contributed by atoms with Crippen LogP contribution in [0.3, 0.4) is 0 Å². The molecule has 4 aromatic carbocycles. The van der Waals surface area contributed by atoms with E-state index in [1.165, 1.54) is 0 Å². The smallest absolute Gasteiger partial charge is 0.343 e. The molecular weight excluding hydrogens is 388 g/mol. The molecule has 0 atom stereocenters. The van der Waals surface area contributed by atoms with Gasteiger partial charge in [0, 0.05) is 0 Å². The highest BCUT2D eigenvalue weighted by molar-refractivity contribution is 6.12. The summed E-state index contributed by atoms with van der Waals surface area (Å²) in [6, 6.07) is 23.9. The van der Waals surface area contributed by atoms with Crippen LogP contribution in [-0.4, -0.2) is 20.2 Å². The lowest BCUT2D eigenvalue weighted by Crippen LogP contribution is -1.99. The molecule has 0 saturated heterocycles. The van der Waals surface area contributed by atoms with Crippen molar-refractivity contribution in [1.82, 2.24) is 0 Å². The molecule has 0 aliphatic carbocycles. The van der Waals surface area contributed by atoms with Crippen molar-refractivity contribution in [2.24, 2.45) is 0 Å². The summed E-state index contributed by atoms with van der Waals surface area (Å²) >= 11 is 0. The van der Waals surface area contributed by atoms with Crippen LogP contribution in [0.5, 0.6) is 11.5 Å². The van der Waals surface area contributed by atoms with Gasteiger partial charge in [-0.15, -0.1) is 0 Å². The predicted molar refractivity (Wildman–Crippen MR) is 123 cm³/mol. The molecule has 0 saturated carbocycles. The van der Waals surface area contributed by atoms with Crippen molar-refractivity contribution >= 4 is 39.3 Å². The summed E-state index contributed by atoms with van der Waals surface area (Å²) in [4.78, 5) is 12.8. The zero-order chi connectivity index (χ0) is 21.4. The molecule has 0 aromatic heterocycles. The second-order valence-electron chi connectivity index (χ2n) is 7.30. The number of carbonyl (C=O) groups is 1. The van der Waals surface area contributed by atoms with E-state index in [0.29, 0.717) is 28.4 Å². The van der Waals surface area contributed by atoms with Gasteiger partial charge in [0.15, 0.2) is 0 Å². The lowest BCUT2D eigenvalue weighted by atomic mass is 9.95. The Labute approximate surface area is 180 Å². The summed E-state index contributed by atoms with van der Waals surface area (Å²) in [6.07, 6.45) is 3.67. The minimum atomic E-state index is -0.392. The van der Waals surface area contributed by atoms with Gasteiger partial charge in [-0.25, -0.2) is 4.79 Å². The van der Waals surface area contributed by atoms with E-state index in [1.54, 1.807) is 38.5 Å². The maximum Gasteiger partial charge on any atom is 0.343 e. The number of hydrogen-bond donors (Lipinski definition) is 0. The van der Waals surface area contributed by atoms with Crippen LogP contribution < -0.4 is 9.47 Å². The highest BCUT2D eigenvalue weighted by atomic mass is 16.5. The van der Waals surface area contributed by atoms with Crippen molar-refractivity contribution in [3.8, 4) is 11.5 Å². The second-order valence-corrected chi connectivity index (χ2v) is 7.30. The topological polar surface area (TPSA) is 44.8 Å². The van der Waals surface area contributed by atoms with Gasteiger partial charge in [-0.2, -0.15) is 0 Å². The molecule has 0 bridgehead atoms. The first-order valence-corrected chi connectivity index (χ1v) is 9.96. The van der Waals surface area contributed by atoms with Gasteiger partial charge in [-0.1, -0.05) is 48.5 Å². The summed E-state index contributed by atoms with van der Waals surface area (Å²) in [6.45, 7) is 0. The minimum absolute atomic E-state index is 0.392. The van der Waals surface area contributed by atoms with Gasteiger partial charge in [0.25, 0.3) is 0 Å². The average molecular weight is 408 g/mol. The molecule has 1 aliphatic rings. The summed E-state index contributed by atoms with van der Waals surface area (Å²) in [5.74, 6) is 1.32. The molecule has 5 rings (SSSR count). The normalized spacial score (nSPS) is 14.7. The predicted octanol–water partition coefficient (Wildman–Crippen LogP) is 5.99. The highest BCUT2D eigenvalue weighted by Crippen LogP contribution is 2.37. The molecule has 0 N–H and O–H groups in total. The molecule has 0 radical (unpaired) electrons. The van der Waals surface area contributed by atoms with Crippen LogP contribution in [-0.2, 0) is 9.53 Å². The fourth-order valence-corrected chi connectivity index (χ4v) is 3.99. The third kappa shape index (κ3) is 3.32. The molecule has 152 valence electrons. The molecule has 0 unspecified atom stereocenters. The van der Waals surface area contributed by atoms with E-state index >= 15 is 0 Å². The summed E-state index contributed by atoms with van der Waals surface area (Å²) < 4.78 is 16.4. The van der Waals surface area contributed by atoms with E-state index in [1.807, 2.05) is 30.3 Å². The van der Waals surface area contributed by atoms with Crippen molar-refractivity contribution in [2.75, 3.05) is 14.2 Å². The monoisotopic (exact) mass is 408 g/mol. The molecule has 4 aromatic rings.